The molecule has 0 bridgehead atoms. The summed E-state index contributed by atoms with van der Waals surface area (Å²) in [6.07, 6.45) is 1.70. The summed E-state index contributed by atoms with van der Waals surface area (Å²) in [5.41, 5.74) is 2.54. The van der Waals surface area contributed by atoms with Crippen LogP contribution >= 0.6 is 0 Å². The van der Waals surface area contributed by atoms with Gasteiger partial charge in [-0.1, -0.05) is 23.8 Å². The molecule has 0 heterocycles. The molecule has 0 fully saturated rings. The van der Waals surface area contributed by atoms with Gasteiger partial charge in [-0.2, -0.15) is 0 Å². The molecule has 2 N–H and O–H groups in total. The smallest absolute Gasteiger partial charge is 0.423 e. The number of methoxy groups -OCH3 is 1. The fourth-order valence-electron chi connectivity index (χ4n) is 1.74. The summed E-state index contributed by atoms with van der Waals surface area (Å²) < 4.78 is 4.97. The molecule has 0 unspecified atom stereocenters. The molecule has 1 aromatic rings. The maximum absolute atomic E-state index is 9.27. The molecule has 15 heavy (non-hydrogen) atoms. The van der Waals surface area contributed by atoms with Gasteiger partial charge in [0.15, 0.2) is 0 Å². The Morgan fingerprint density at radius 3 is 2.67 bits per heavy atom. The van der Waals surface area contributed by atoms with Gasteiger partial charge in [-0.3, -0.25) is 0 Å². The van der Waals surface area contributed by atoms with Gasteiger partial charge in [0.2, 0.25) is 0 Å². The SMILES string of the molecule is COCCCc1cccc(C)c1B(O)O. The van der Waals surface area contributed by atoms with E-state index in [0.717, 1.165) is 24.0 Å². The zero-order valence-electron chi connectivity index (χ0n) is 9.23. The normalized spacial score (nSPS) is 10.4. The molecular formula is C11H17BO3. The van der Waals surface area contributed by atoms with Crippen molar-refractivity contribution in [3.63, 3.8) is 0 Å². The fraction of sp³-hybridized carbons (Fsp3) is 0.455. The van der Waals surface area contributed by atoms with Gasteiger partial charge >= 0.3 is 7.12 Å². The molecule has 3 nitrogen and oxygen atoms in total. The number of benzene rings is 1. The number of hydrogen-bond acceptors (Lipinski definition) is 3. The van der Waals surface area contributed by atoms with E-state index in [0.29, 0.717) is 12.1 Å². The molecule has 82 valence electrons. The third-order valence-electron chi connectivity index (χ3n) is 2.47. The van der Waals surface area contributed by atoms with Crippen molar-refractivity contribution < 1.29 is 14.8 Å². The minimum Gasteiger partial charge on any atom is -0.423 e. The van der Waals surface area contributed by atoms with Crippen molar-refractivity contribution in [2.45, 2.75) is 19.8 Å². The summed E-state index contributed by atoms with van der Waals surface area (Å²) in [4.78, 5) is 0. The molecular weight excluding hydrogens is 191 g/mol. The van der Waals surface area contributed by atoms with Crippen LogP contribution in [-0.4, -0.2) is 30.9 Å². The highest BCUT2D eigenvalue weighted by molar-refractivity contribution is 6.59. The second-order valence-corrected chi connectivity index (χ2v) is 3.62. The van der Waals surface area contributed by atoms with E-state index >= 15 is 0 Å². The van der Waals surface area contributed by atoms with Crippen molar-refractivity contribution in [2.75, 3.05) is 13.7 Å². The van der Waals surface area contributed by atoms with E-state index in [1.54, 1.807) is 7.11 Å². The van der Waals surface area contributed by atoms with Crippen LogP contribution in [0.1, 0.15) is 17.5 Å². The van der Waals surface area contributed by atoms with E-state index < -0.39 is 7.12 Å². The number of hydrogen-bond donors (Lipinski definition) is 2. The predicted octanol–water partition coefficient (Wildman–Crippen LogP) is 0.254. The Kier molecular flexibility index (Phi) is 4.82. The molecule has 1 rings (SSSR count). The van der Waals surface area contributed by atoms with Crippen molar-refractivity contribution >= 4 is 12.6 Å². The summed E-state index contributed by atoms with van der Waals surface area (Å²) in [6.45, 7) is 2.57. The maximum Gasteiger partial charge on any atom is 0.488 e. The van der Waals surface area contributed by atoms with Crippen LogP contribution in [0.5, 0.6) is 0 Å². The van der Waals surface area contributed by atoms with Crippen LogP contribution in [0.4, 0.5) is 0 Å². The quantitative estimate of drug-likeness (QED) is 0.538. The van der Waals surface area contributed by atoms with Crippen LogP contribution in [0.25, 0.3) is 0 Å². The first kappa shape index (κ1) is 12.2. The summed E-state index contributed by atoms with van der Waals surface area (Å²) >= 11 is 0. The molecule has 0 saturated heterocycles. The van der Waals surface area contributed by atoms with Crippen LogP contribution in [-0.2, 0) is 11.2 Å². The van der Waals surface area contributed by atoms with Crippen molar-refractivity contribution in [1.82, 2.24) is 0 Å². The van der Waals surface area contributed by atoms with Crippen LogP contribution in [0.2, 0.25) is 0 Å². The average Bonchev–Trinajstić information content (AvgIpc) is 2.17. The average molecular weight is 208 g/mol. The molecule has 0 aliphatic heterocycles. The lowest BCUT2D eigenvalue weighted by molar-refractivity contribution is 0.195. The van der Waals surface area contributed by atoms with Gasteiger partial charge in [0, 0.05) is 13.7 Å². The Hall–Kier alpha value is -0.835. The summed E-state index contributed by atoms with van der Waals surface area (Å²) in [7, 11) is 0.279. The van der Waals surface area contributed by atoms with Gasteiger partial charge in [-0.05, 0) is 30.8 Å². The Labute approximate surface area is 90.9 Å². The van der Waals surface area contributed by atoms with E-state index in [4.69, 9.17) is 4.74 Å². The molecule has 0 aliphatic rings. The molecule has 0 saturated carbocycles. The first-order chi connectivity index (χ1) is 7.16. The van der Waals surface area contributed by atoms with Crippen molar-refractivity contribution in [2.24, 2.45) is 0 Å². The highest BCUT2D eigenvalue weighted by Gasteiger charge is 2.17. The second-order valence-electron chi connectivity index (χ2n) is 3.62. The highest BCUT2D eigenvalue weighted by Crippen LogP contribution is 2.05. The van der Waals surface area contributed by atoms with Crippen LogP contribution in [0.15, 0.2) is 18.2 Å². The molecule has 0 aliphatic carbocycles. The third kappa shape index (κ3) is 3.34. The predicted molar refractivity (Wildman–Crippen MR) is 61.2 cm³/mol. The number of rotatable bonds is 5. The van der Waals surface area contributed by atoms with Gasteiger partial charge in [0.25, 0.3) is 0 Å². The fourth-order valence-corrected chi connectivity index (χ4v) is 1.74. The van der Waals surface area contributed by atoms with Crippen LogP contribution in [0.3, 0.4) is 0 Å². The van der Waals surface area contributed by atoms with E-state index in [-0.39, 0.29) is 0 Å². The van der Waals surface area contributed by atoms with Gasteiger partial charge < -0.3 is 14.8 Å². The maximum atomic E-state index is 9.27. The molecule has 0 spiro atoms. The molecule has 1 aromatic carbocycles. The standard InChI is InChI=1S/C11H17BO3/c1-9-5-3-6-10(7-4-8-15-2)11(9)12(13)14/h3,5-6,13-14H,4,7-8H2,1-2H3. The lowest BCUT2D eigenvalue weighted by atomic mass is 9.73. The second kappa shape index (κ2) is 5.90. The topological polar surface area (TPSA) is 49.7 Å². The first-order valence-electron chi connectivity index (χ1n) is 5.10. The van der Waals surface area contributed by atoms with Crippen molar-refractivity contribution in [3.05, 3.63) is 29.3 Å². The number of ether oxygens (including phenoxy) is 1. The van der Waals surface area contributed by atoms with Crippen LogP contribution < -0.4 is 5.46 Å². The van der Waals surface area contributed by atoms with Gasteiger partial charge in [-0.15, -0.1) is 0 Å². The molecule has 0 amide bonds. The van der Waals surface area contributed by atoms with Gasteiger partial charge in [-0.25, -0.2) is 0 Å². The molecule has 0 aromatic heterocycles. The van der Waals surface area contributed by atoms with E-state index in [1.165, 1.54) is 0 Å². The molecule has 0 radical (unpaired) electrons. The van der Waals surface area contributed by atoms with E-state index in [1.807, 2.05) is 25.1 Å². The van der Waals surface area contributed by atoms with Crippen LogP contribution in [0, 0.1) is 6.92 Å². The monoisotopic (exact) mass is 208 g/mol. The zero-order chi connectivity index (χ0) is 11.3. The minimum atomic E-state index is -1.39. The van der Waals surface area contributed by atoms with E-state index in [9.17, 15) is 10.0 Å². The Morgan fingerprint density at radius 2 is 2.07 bits per heavy atom. The lowest BCUT2D eigenvalue weighted by Gasteiger charge is -2.11. The number of aryl methyl sites for hydroxylation is 2. The summed E-state index contributed by atoms with van der Waals surface area (Å²) in [5.74, 6) is 0. The Morgan fingerprint density at radius 1 is 1.33 bits per heavy atom. The first-order valence-corrected chi connectivity index (χ1v) is 5.10. The van der Waals surface area contributed by atoms with Gasteiger partial charge in [0.05, 0.1) is 0 Å². The van der Waals surface area contributed by atoms with Crippen molar-refractivity contribution in [3.8, 4) is 0 Å². The lowest BCUT2D eigenvalue weighted by Crippen LogP contribution is -2.35. The minimum absolute atomic E-state index is 0.633. The Balaban J connectivity index is 2.81. The highest BCUT2D eigenvalue weighted by atomic mass is 16.5. The zero-order valence-corrected chi connectivity index (χ0v) is 9.23. The summed E-state index contributed by atoms with van der Waals surface area (Å²) in [5, 5.41) is 18.5. The molecule has 4 heteroatoms. The Bertz CT molecular complexity index is 313. The van der Waals surface area contributed by atoms with Gasteiger partial charge in [0.1, 0.15) is 0 Å². The largest absolute Gasteiger partial charge is 0.488 e. The summed E-state index contributed by atoms with van der Waals surface area (Å²) in [6, 6.07) is 5.75. The van der Waals surface area contributed by atoms with E-state index in [2.05, 4.69) is 0 Å². The molecule has 0 atom stereocenters. The third-order valence-corrected chi connectivity index (χ3v) is 2.47. The van der Waals surface area contributed by atoms with Crippen molar-refractivity contribution in [1.29, 1.82) is 0 Å².